The number of rotatable bonds is 3. The number of halogens is 1. The van der Waals surface area contributed by atoms with Crippen molar-refractivity contribution >= 4 is 34.6 Å². The first kappa shape index (κ1) is 17.8. The highest BCUT2D eigenvalue weighted by Crippen LogP contribution is 2.39. The molecule has 0 radical (unpaired) electrons. The van der Waals surface area contributed by atoms with Crippen LogP contribution in [-0.2, 0) is 0 Å². The Morgan fingerprint density at radius 1 is 1.28 bits per heavy atom. The van der Waals surface area contributed by atoms with Gasteiger partial charge in [0.05, 0.1) is 18.2 Å². The Kier molecular flexibility index (Phi) is 5.06. The van der Waals surface area contributed by atoms with Crippen molar-refractivity contribution in [3.63, 3.8) is 0 Å². The van der Waals surface area contributed by atoms with E-state index in [-0.39, 0.29) is 11.6 Å². The summed E-state index contributed by atoms with van der Waals surface area (Å²) in [6, 6.07) is 13.6. The minimum Gasteiger partial charge on any atom is -0.495 e. The van der Waals surface area contributed by atoms with Gasteiger partial charge in [-0.1, -0.05) is 29.8 Å². The molecule has 0 amide bonds. The van der Waals surface area contributed by atoms with Gasteiger partial charge in [-0.2, -0.15) is 0 Å². The summed E-state index contributed by atoms with van der Waals surface area (Å²) in [5, 5.41) is 7.65. The Morgan fingerprint density at radius 2 is 2.04 bits per heavy atom. The number of benzene rings is 2. The van der Waals surface area contributed by atoms with Crippen LogP contribution in [0.5, 0.6) is 11.5 Å². The average molecular weight is 377 g/mol. The van der Waals surface area contributed by atoms with Crippen LogP contribution in [0.2, 0.25) is 5.02 Å². The van der Waals surface area contributed by atoms with E-state index in [1.807, 2.05) is 24.3 Å². The van der Waals surface area contributed by atoms with Gasteiger partial charge in [-0.25, -0.2) is 0 Å². The number of para-hydroxylation sites is 1. The zero-order valence-electron chi connectivity index (χ0n) is 14.4. The molecule has 0 spiro atoms. The van der Waals surface area contributed by atoms with E-state index in [1.165, 1.54) is 0 Å². The largest absolute Gasteiger partial charge is 0.495 e. The molecule has 1 aliphatic heterocycles. The summed E-state index contributed by atoms with van der Waals surface area (Å²) >= 11 is 11.7. The summed E-state index contributed by atoms with van der Waals surface area (Å²) in [5.74, 6) is 1.53. The fourth-order valence-electron chi connectivity index (χ4n) is 3.00. The van der Waals surface area contributed by atoms with Gasteiger partial charge >= 0.3 is 0 Å². The van der Waals surface area contributed by atoms with Crippen molar-refractivity contribution in [1.82, 2.24) is 5.32 Å². The molecule has 0 fully saturated rings. The third-order valence-corrected chi connectivity index (χ3v) is 4.61. The first-order chi connectivity index (χ1) is 11.9. The van der Waals surface area contributed by atoms with Crippen LogP contribution in [0.15, 0.2) is 42.5 Å². The number of hydrogen-bond donors (Lipinski definition) is 2. The number of hydrogen-bond acceptors (Lipinski definition) is 3. The molecule has 2 aromatic rings. The van der Waals surface area contributed by atoms with Gasteiger partial charge in [0.15, 0.2) is 5.11 Å². The van der Waals surface area contributed by atoms with E-state index in [0.29, 0.717) is 15.9 Å². The fraction of sp³-hybridized carbons (Fsp3) is 0.316. The maximum absolute atomic E-state index is 6.16. The molecule has 1 heterocycles. The maximum atomic E-state index is 6.16. The Morgan fingerprint density at radius 3 is 2.76 bits per heavy atom. The molecule has 0 saturated carbocycles. The third-order valence-electron chi connectivity index (χ3n) is 4.09. The highest BCUT2D eigenvalue weighted by atomic mass is 35.5. The molecule has 132 valence electrons. The molecule has 6 heteroatoms. The van der Waals surface area contributed by atoms with E-state index >= 15 is 0 Å². The highest BCUT2D eigenvalue weighted by molar-refractivity contribution is 7.80. The van der Waals surface area contributed by atoms with Crippen molar-refractivity contribution in [2.24, 2.45) is 0 Å². The molecule has 0 unspecified atom stereocenters. The Labute approximate surface area is 158 Å². The number of thiocarbonyl (C=S) groups is 1. The van der Waals surface area contributed by atoms with Gasteiger partial charge in [-0.3, -0.25) is 0 Å². The van der Waals surface area contributed by atoms with Gasteiger partial charge in [-0.05, 0) is 50.3 Å². The number of ether oxygens (including phenoxy) is 2. The van der Waals surface area contributed by atoms with Crippen LogP contribution in [0.25, 0.3) is 0 Å². The van der Waals surface area contributed by atoms with Crippen LogP contribution in [0.1, 0.15) is 31.9 Å². The van der Waals surface area contributed by atoms with E-state index in [1.54, 1.807) is 19.2 Å². The zero-order valence-corrected chi connectivity index (χ0v) is 16.0. The van der Waals surface area contributed by atoms with Crippen molar-refractivity contribution in [2.75, 3.05) is 12.4 Å². The smallest absolute Gasteiger partial charge is 0.171 e. The predicted octanol–water partition coefficient (Wildman–Crippen LogP) is 4.94. The van der Waals surface area contributed by atoms with Crippen molar-refractivity contribution < 1.29 is 9.47 Å². The number of anilines is 1. The quantitative estimate of drug-likeness (QED) is 0.743. The number of methoxy groups -OCH3 is 1. The van der Waals surface area contributed by atoms with Crippen LogP contribution in [0.4, 0.5) is 5.69 Å². The second kappa shape index (κ2) is 7.10. The van der Waals surface area contributed by atoms with Gasteiger partial charge in [0, 0.05) is 17.7 Å². The average Bonchev–Trinajstić information content (AvgIpc) is 2.54. The van der Waals surface area contributed by atoms with Gasteiger partial charge in [0.2, 0.25) is 0 Å². The van der Waals surface area contributed by atoms with Crippen LogP contribution in [0, 0.1) is 0 Å². The lowest BCUT2D eigenvalue weighted by Gasteiger charge is -2.38. The SMILES string of the molecule is COc1ccc(NC(=S)N[C@@H]2CC(C)(C)Oc3ccccc32)cc1Cl. The molecule has 0 saturated heterocycles. The van der Waals surface area contributed by atoms with Crippen molar-refractivity contribution in [1.29, 1.82) is 0 Å². The van der Waals surface area contributed by atoms with Gasteiger partial charge in [0.25, 0.3) is 0 Å². The van der Waals surface area contributed by atoms with Crippen LogP contribution >= 0.6 is 23.8 Å². The lowest BCUT2D eigenvalue weighted by molar-refractivity contribution is 0.0697. The first-order valence-electron chi connectivity index (χ1n) is 8.07. The van der Waals surface area contributed by atoms with Crippen molar-refractivity contribution in [3.05, 3.63) is 53.1 Å². The van der Waals surface area contributed by atoms with Crippen molar-refractivity contribution in [3.8, 4) is 11.5 Å². The van der Waals surface area contributed by atoms with E-state index < -0.39 is 0 Å². The maximum Gasteiger partial charge on any atom is 0.171 e. The molecule has 1 atom stereocenters. The summed E-state index contributed by atoms with van der Waals surface area (Å²) in [4.78, 5) is 0. The molecular formula is C19H21ClN2O2S. The number of nitrogens with one attached hydrogen (secondary N) is 2. The third kappa shape index (κ3) is 4.17. The zero-order chi connectivity index (χ0) is 18.0. The van der Waals surface area contributed by atoms with E-state index in [9.17, 15) is 0 Å². The topological polar surface area (TPSA) is 42.5 Å². The molecule has 0 bridgehead atoms. The lowest BCUT2D eigenvalue weighted by atomic mass is 9.90. The monoisotopic (exact) mass is 376 g/mol. The predicted molar refractivity (Wildman–Crippen MR) is 106 cm³/mol. The second-order valence-corrected chi connectivity index (χ2v) is 7.42. The molecule has 0 aromatic heterocycles. The van der Waals surface area contributed by atoms with Crippen LogP contribution in [-0.4, -0.2) is 17.8 Å². The van der Waals surface area contributed by atoms with Gasteiger partial charge in [-0.15, -0.1) is 0 Å². The molecule has 0 aliphatic carbocycles. The molecular weight excluding hydrogens is 356 g/mol. The summed E-state index contributed by atoms with van der Waals surface area (Å²) in [6.07, 6.45) is 0.815. The summed E-state index contributed by atoms with van der Waals surface area (Å²) < 4.78 is 11.2. The summed E-state index contributed by atoms with van der Waals surface area (Å²) in [5.41, 5.74) is 1.66. The molecule has 2 N–H and O–H groups in total. The molecule has 25 heavy (non-hydrogen) atoms. The van der Waals surface area contributed by atoms with E-state index in [0.717, 1.165) is 23.4 Å². The van der Waals surface area contributed by atoms with Crippen LogP contribution in [0.3, 0.4) is 0 Å². The fourth-order valence-corrected chi connectivity index (χ4v) is 3.52. The second-order valence-electron chi connectivity index (χ2n) is 6.60. The van der Waals surface area contributed by atoms with Gasteiger partial charge < -0.3 is 20.1 Å². The van der Waals surface area contributed by atoms with E-state index in [4.69, 9.17) is 33.3 Å². The molecule has 2 aromatic carbocycles. The van der Waals surface area contributed by atoms with Gasteiger partial charge in [0.1, 0.15) is 17.1 Å². The summed E-state index contributed by atoms with van der Waals surface area (Å²) in [6.45, 7) is 4.16. The normalized spacial score (nSPS) is 17.8. The highest BCUT2D eigenvalue weighted by Gasteiger charge is 2.33. The van der Waals surface area contributed by atoms with Crippen LogP contribution < -0.4 is 20.1 Å². The minimum atomic E-state index is -0.259. The van der Waals surface area contributed by atoms with E-state index in [2.05, 4.69) is 30.5 Å². The Balaban J connectivity index is 1.73. The number of fused-ring (bicyclic) bond motifs is 1. The Hall–Kier alpha value is -1.98. The minimum absolute atomic E-state index is 0.0775. The lowest BCUT2D eigenvalue weighted by Crippen LogP contribution is -2.42. The standard InChI is InChI=1S/C19H21ClN2O2S/c1-19(2)11-15(13-6-4-5-7-16(13)24-19)22-18(25)21-12-8-9-17(23-3)14(20)10-12/h4-10,15H,11H2,1-3H3,(H2,21,22,25)/t15-/m1/s1. The first-order valence-corrected chi connectivity index (χ1v) is 8.85. The summed E-state index contributed by atoms with van der Waals surface area (Å²) in [7, 11) is 1.59. The molecule has 4 nitrogen and oxygen atoms in total. The molecule has 3 rings (SSSR count). The molecule has 1 aliphatic rings. The van der Waals surface area contributed by atoms with Crippen molar-refractivity contribution in [2.45, 2.75) is 31.9 Å². The Bertz CT molecular complexity index is 795.